The number of hydrogen-bond donors (Lipinski definition) is 1. The molecule has 0 unspecified atom stereocenters. The number of Topliss-reactive ketones (excluding diaryl/α,β-unsaturated/α-hetero) is 1. The molecule has 5 nitrogen and oxygen atoms in total. The number of aryl methyl sites for hydroxylation is 1. The second-order valence-electron chi connectivity index (χ2n) is 4.20. The summed E-state index contributed by atoms with van der Waals surface area (Å²) in [6.07, 6.45) is 0. The lowest BCUT2D eigenvalue weighted by molar-refractivity contribution is -0.114. The molecule has 0 atom stereocenters. The van der Waals surface area contributed by atoms with E-state index in [1.54, 1.807) is 19.2 Å². The summed E-state index contributed by atoms with van der Waals surface area (Å²) in [6, 6.07) is 3.58. The Morgan fingerprint density at radius 1 is 1.33 bits per heavy atom. The Morgan fingerprint density at radius 2 is 2.06 bits per heavy atom. The number of carbonyl (C=O) groups is 2. The number of benzene rings is 1. The van der Waals surface area contributed by atoms with E-state index in [-0.39, 0.29) is 0 Å². The standard InChI is InChI=1S/C13H16N2O3/c1-8-4-5-9(18-3)11-10(8)12(16)13(17)15(11)7-6-14-2/h4-5,14H,6-7H2,1-3H3. The molecule has 1 amide bonds. The molecule has 0 fully saturated rings. The van der Waals surface area contributed by atoms with Gasteiger partial charge >= 0.3 is 0 Å². The lowest BCUT2D eigenvalue weighted by Crippen LogP contribution is -2.35. The molecular formula is C13H16N2O3. The molecule has 96 valence electrons. The Bertz CT molecular complexity index is 511. The first-order valence-electron chi connectivity index (χ1n) is 5.80. The predicted molar refractivity (Wildman–Crippen MR) is 68.3 cm³/mol. The molecule has 0 saturated heterocycles. The van der Waals surface area contributed by atoms with Gasteiger partial charge in [-0.1, -0.05) is 6.07 Å². The summed E-state index contributed by atoms with van der Waals surface area (Å²) >= 11 is 0. The summed E-state index contributed by atoms with van der Waals surface area (Å²) < 4.78 is 5.25. The van der Waals surface area contributed by atoms with Gasteiger partial charge < -0.3 is 15.0 Å². The van der Waals surface area contributed by atoms with Crippen molar-refractivity contribution < 1.29 is 14.3 Å². The van der Waals surface area contributed by atoms with Gasteiger partial charge in [0.25, 0.3) is 11.7 Å². The van der Waals surface area contributed by atoms with E-state index in [1.807, 2.05) is 6.92 Å². The maximum absolute atomic E-state index is 12.0. The fraction of sp³-hybridized carbons (Fsp3) is 0.385. The normalized spacial score (nSPS) is 14.1. The molecule has 18 heavy (non-hydrogen) atoms. The smallest absolute Gasteiger partial charge is 0.299 e. The molecule has 1 aliphatic heterocycles. The lowest BCUT2D eigenvalue weighted by atomic mass is 10.0. The molecule has 0 saturated carbocycles. The van der Waals surface area contributed by atoms with Gasteiger partial charge in [0.2, 0.25) is 0 Å². The molecule has 1 N–H and O–H groups in total. The largest absolute Gasteiger partial charge is 0.495 e. The van der Waals surface area contributed by atoms with E-state index < -0.39 is 11.7 Å². The molecule has 5 heteroatoms. The quantitative estimate of drug-likeness (QED) is 0.799. The Kier molecular flexibility index (Phi) is 3.34. The van der Waals surface area contributed by atoms with Crippen LogP contribution in [0.15, 0.2) is 12.1 Å². The second-order valence-corrected chi connectivity index (χ2v) is 4.20. The summed E-state index contributed by atoms with van der Waals surface area (Å²) in [5.74, 6) is -0.365. The molecule has 1 heterocycles. The first kappa shape index (κ1) is 12.6. The minimum absolute atomic E-state index is 0.447. The van der Waals surface area contributed by atoms with Gasteiger partial charge in [0.1, 0.15) is 5.75 Å². The Labute approximate surface area is 106 Å². The average molecular weight is 248 g/mol. The Morgan fingerprint density at radius 3 is 2.67 bits per heavy atom. The van der Waals surface area contributed by atoms with Crippen LogP contribution in [0.1, 0.15) is 15.9 Å². The van der Waals surface area contributed by atoms with Crippen LogP contribution in [-0.2, 0) is 4.79 Å². The Hall–Kier alpha value is -1.88. The maximum atomic E-state index is 12.0. The number of nitrogens with one attached hydrogen (secondary N) is 1. The van der Waals surface area contributed by atoms with Gasteiger partial charge in [0, 0.05) is 13.1 Å². The zero-order valence-electron chi connectivity index (χ0n) is 10.7. The van der Waals surface area contributed by atoms with E-state index in [2.05, 4.69) is 5.32 Å². The molecule has 0 spiro atoms. The summed E-state index contributed by atoms with van der Waals surface area (Å²) in [7, 11) is 3.34. The highest BCUT2D eigenvalue weighted by Gasteiger charge is 2.38. The van der Waals surface area contributed by atoms with Crippen LogP contribution in [0.25, 0.3) is 0 Å². The van der Waals surface area contributed by atoms with Crippen molar-refractivity contribution in [1.29, 1.82) is 0 Å². The van der Waals surface area contributed by atoms with E-state index in [9.17, 15) is 9.59 Å². The van der Waals surface area contributed by atoms with Crippen LogP contribution in [0.4, 0.5) is 5.69 Å². The zero-order chi connectivity index (χ0) is 13.3. The van der Waals surface area contributed by atoms with Crippen LogP contribution >= 0.6 is 0 Å². The van der Waals surface area contributed by atoms with Crippen molar-refractivity contribution in [2.24, 2.45) is 0 Å². The number of likely N-dealkylation sites (N-methyl/N-ethyl adjacent to an activating group) is 1. The third kappa shape index (κ3) is 1.76. The third-order valence-corrected chi connectivity index (χ3v) is 3.09. The highest BCUT2D eigenvalue weighted by molar-refractivity contribution is 6.53. The van der Waals surface area contributed by atoms with Crippen LogP contribution in [0, 0.1) is 6.92 Å². The first-order chi connectivity index (χ1) is 8.61. The van der Waals surface area contributed by atoms with Crippen molar-refractivity contribution in [2.45, 2.75) is 6.92 Å². The topological polar surface area (TPSA) is 58.6 Å². The average Bonchev–Trinajstić information content (AvgIpc) is 2.62. The van der Waals surface area contributed by atoms with Crippen LogP contribution in [0.5, 0.6) is 5.75 Å². The molecule has 0 radical (unpaired) electrons. The van der Waals surface area contributed by atoms with Crippen molar-refractivity contribution in [1.82, 2.24) is 5.32 Å². The van der Waals surface area contributed by atoms with Crippen molar-refractivity contribution in [3.05, 3.63) is 23.3 Å². The minimum atomic E-state index is -0.479. The highest BCUT2D eigenvalue weighted by atomic mass is 16.5. The number of nitrogens with zero attached hydrogens (tertiary/aromatic N) is 1. The van der Waals surface area contributed by atoms with Crippen LogP contribution in [0.2, 0.25) is 0 Å². The van der Waals surface area contributed by atoms with Gasteiger partial charge in [-0.2, -0.15) is 0 Å². The van der Waals surface area contributed by atoms with Gasteiger partial charge in [-0.15, -0.1) is 0 Å². The van der Waals surface area contributed by atoms with Crippen LogP contribution in [-0.4, -0.2) is 38.9 Å². The maximum Gasteiger partial charge on any atom is 0.299 e. The summed E-state index contributed by atoms with van der Waals surface area (Å²) in [6.45, 7) is 2.90. The van der Waals surface area contributed by atoms with Crippen molar-refractivity contribution in [3.8, 4) is 5.75 Å². The molecule has 1 aliphatic rings. The van der Waals surface area contributed by atoms with Gasteiger partial charge in [0.15, 0.2) is 0 Å². The van der Waals surface area contributed by atoms with E-state index in [1.165, 1.54) is 12.0 Å². The summed E-state index contributed by atoms with van der Waals surface area (Å²) in [5.41, 5.74) is 1.87. The van der Waals surface area contributed by atoms with E-state index in [0.717, 1.165) is 5.56 Å². The number of anilines is 1. The van der Waals surface area contributed by atoms with E-state index in [4.69, 9.17) is 4.74 Å². The van der Waals surface area contributed by atoms with E-state index >= 15 is 0 Å². The van der Waals surface area contributed by atoms with Gasteiger partial charge in [-0.3, -0.25) is 9.59 Å². The number of hydrogen-bond acceptors (Lipinski definition) is 4. The van der Waals surface area contributed by atoms with Crippen LogP contribution < -0.4 is 15.0 Å². The van der Waals surface area contributed by atoms with Crippen LogP contribution in [0.3, 0.4) is 0 Å². The fourth-order valence-electron chi connectivity index (χ4n) is 2.16. The third-order valence-electron chi connectivity index (χ3n) is 3.09. The minimum Gasteiger partial charge on any atom is -0.495 e. The SMILES string of the molecule is CNCCN1C(=O)C(=O)c2c(C)ccc(OC)c21. The molecule has 1 aromatic carbocycles. The monoisotopic (exact) mass is 248 g/mol. The molecule has 2 rings (SSSR count). The summed E-state index contributed by atoms with van der Waals surface area (Å²) in [4.78, 5) is 25.5. The number of carbonyl (C=O) groups excluding carboxylic acids is 2. The van der Waals surface area contributed by atoms with Crippen molar-refractivity contribution in [3.63, 3.8) is 0 Å². The Balaban J connectivity index is 2.54. The zero-order valence-corrected chi connectivity index (χ0v) is 10.7. The predicted octanol–water partition coefficient (Wildman–Crippen LogP) is 0.752. The molecule has 0 aromatic heterocycles. The number of fused-ring (bicyclic) bond motifs is 1. The van der Waals surface area contributed by atoms with Gasteiger partial charge in [-0.25, -0.2) is 0 Å². The number of ketones is 1. The van der Waals surface area contributed by atoms with Gasteiger partial charge in [0.05, 0.1) is 18.4 Å². The van der Waals surface area contributed by atoms with Gasteiger partial charge in [-0.05, 0) is 25.6 Å². The second kappa shape index (κ2) is 4.78. The molecule has 0 bridgehead atoms. The van der Waals surface area contributed by atoms with Crippen molar-refractivity contribution in [2.75, 3.05) is 32.1 Å². The molecular weight excluding hydrogens is 232 g/mol. The molecule has 1 aromatic rings. The molecule has 0 aliphatic carbocycles. The summed E-state index contributed by atoms with van der Waals surface area (Å²) in [5, 5.41) is 2.97. The fourth-order valence-corrected chi connectivity index (χ4v) is 2.16. The first-order valence-corrected chi connectivity index (χ1v) is 5.80. The van der Waals surface area contributed by atoms with Crippen molar-refractivity contribution >= 4 is 17.4 Å². The lowest BCUT2D eigenvalue weighted by Gasteiger charge is -2.19. The highest BCUT2D eigenvalue weighted by Crippen LogP contribution is 2.39. The number of ether oxygens (including phenoxy) is 1. The number of methoxy groups -OCH3 is 1. The number of amides is 1. The van der Waals surface area contributed by atoms with E-state index in [0.29, 0.717) is 30.1 Å². The number of rotatable bonds is 4.